The average molecular weight is 414 g/mol. The topological polar surface area (TPSA) is 15.3 Å². The van der Waals surface area contributed by atoms with Crippen LogP contribution in [0, 0.1) is 0 Å². The number of hydrogen-bond donors (Lipinski definition) is 1. The number of benzene rings is 2. The molecular formula is C18H19BrCl2N2. The highest BCUT2D eigenvalue weighted by molar-refractivity contribution is 9.10. The molecule has 0 bridgehead atoms. The molecule has 0 radical (unpaired) electrons. The van der Waals surface area contributed by atoms with E-state index in [1.54, 1.807) is 0 Å². The van der Waals surface area contributed by atoms with E-state index in [9.17, 15) is 0 Å². The minimum Gasteiger partial charge on any atom is -0.315 e. The zero-order valence-electron chi connectivity index (χ0n) is 12.7. The molecule has 3 rings (SSSR count). The fourth-order valence-electron chi connectivity index (χ4n) is 3.11. The van der Waals surface area contributed by atoms with Crippen molar-refractivity contribution in [2.45, 2.75) is 12.5 Å². The van der Waals surface area contributed by atoms with Gasteiger partial charge in [0.1, 0.15) is 0 Å². The summed E-state index contributed by atoms with van der Waals surface area (Å²) in [4.78, 5) is 2.50. The van der Waals surface area contributed by atoms with Crippen LogP contribution in [0.25, 0.3) is 0 Å². The summed E-state index contributed by atoms with van der Waals surface area (Å²) in [6, 6.07) is 14.3. The van der Waals surface area contributed by atoms with E-state index in [2.05, 4.69) is 44.3 Å². The van der Waals surface area contributed by atoms with Crippen molar-refractivity contribution in [3.05, 3.63) is 68.1 Å². The Labute approximate surface area is 155 Å². The molecule has 1 fully saturated rings. The molecule has 5 heteroatoms. The maximum Gasteiger partial charge on any atom is 0.0628 e. The Hall–Kier alpha value is -0.580. The van der Waals surface area contributed by atoms with E-state index in [1.165, 1.54) is 5.56 Å². The van der Waals surface area contributed by atoms with E-state index in [4.69, 9.17) is 23.2 Å². The molecule has 1 unspecified atom stereocenters. The second-order valence-corrected chi connectivity index (χ2v) is 7.43. The van der Waals surface area contributed by atoms with Gasteiger partial charge < -0.3 is 5.32 Å². The van der Waals surface area contributed by atoms with E-state index >= 15 is 0 Å². The molecule has 2 nitrogen and oxygen atoms in total. The molecule has 1 aliphatic rings. The molecule has 23 heavy (non-hydrogen) atoms. The van der Waals surface area contributed by atoms with Gasteiger partial charge in [-0.05, 0) is 42.3 Å². The number of halogens is 3. The Bertz CT molecular complexity index is 670. The zero-order chi connectivity index (χ0) is 16.2. The summed E-state index contributed by atoms with van der Waals surface area (Å²) in [5, 5.41) is 4.85. The number of nitrogens with zero attached hydrogens (tertiary/aromatic N) is 1. The Morgan fingerprint density at radius 3 is 2.61 bits per heavy atom. The van der Waals surface area contributed by atoms with E-state index < -0.39 is 0 Å². The van der Waals surface area contributed by atoms with Crippen LogP contribution < -0.4 is 5.32 Å². The summed E-state index contributed by atoms with van der Waals surface area (Å²) < 4.78 is 1.10. The average Bonchev–Trinajstić information content (AvgIpc) is 2.80. The van der Waals surface area contributed by atoms with Crippen molar-refractivity contribution in [3.8, 4) is 0 Å². The quantitative estimate of drug-likeness (QED) is 0.749. The van der Waals surface area contributed by atoms with Crippen molar-refractivity contribution >= 4 is 39.1 Å². The number of rotatable bonds is 3. The summed E-state index contributed by atoms with van der Waals surface area (Å²) >= 11 is 16.3. The first-order valence-electron chi connectivity index (χ1n) is 7.81. The highest BCUT2D eigenvalue weighted by Gasteiger charge is 2.26. The van der Waals surface area contributed by atoms with E-state index in [-0.39, 0.29) is 6.04 Å². The molecule has 2 aromatic carbocycles. The fourth-order valence-corrected chi connectivity index (χ4v) is 4.12. The van der Waals surface area contributed by atoms with E-state index in [0.717, 1.165) is 47.7 Å². The van der Waals surface area contributed by atoms with Crippen molar-refractivity contribution in [1.29, 1.82) is 0 Å². The first-order chi connectivity index (χ1) is 11.2. The van der Waals surface area contributed by atoms with Gasteiger partial charge in [0.2, 0.25) is 0 Å². The van der Waals surface area contributed by atoms with Crippen LogP contribution in [-0.4, -0.2) is 31.1 Å². The fraction of sp³-hybridized carbons (Fsp3) is 0.333. The lowest BCUT2D eigenvalue weighted by Crippen LogP contribution is -2.33. The molecule has 1 atom stereocenters. The second-order valence-electron chi connectivity index (χ2n) is 5.73. The summed E-state index contributed by atoms with van der Waals surface area (Å²) in [5.74, 6) is 0. The van der Waals surface area contributed by atoms with Gasteiger partial charge in [0.05, 0.1) is 6.04 Å². The summed E-state index contributed by atoms with van der Waals surface area (Å²) in [6.45, 7) is 4.09. The van der Waals surface area contributed by atoms with Crippen molar-refractivity contribution in [3.63, 3.8) is 0 Å². The van der Waals surface area contributed by atoms with Crippen LogP contribution >= 0.6 is 39.1 Å². The molecule has 0 saturated carbocycles. The smallest absolute Gasteiger partial charge is 0.0628 e. The molecule has 2 aromatic rings. The third-order valence-electron chi connectivity index (χ3n) is 4.20. The number of nitrogens with one attached hydrogen (secondary N) is 1. The third kappa shape index (κ3) is 4.09. The van der Waals surface area contributed by atoms with Crippen LogP contribution in [0.1, 0.15) is 23.6 Å². The largest absolute Gasteiger partial charge is 0.315 e. The van der Waals surface area contributed by atoms with E-state index in [0.29, 0.717) is 5.02 Å². The van der Waals surface area contributed by atoms with Crippen molar-refractivity contribution in [2.75, 3.05) is 26.2 Å². The van der Waals surface area contributed by atoms with Crippen LogP contribution in [0.3, 0.4) is 0 Å². The highest BCUT2D eigenvalue weighted by atomic mass is 79.9. The summed E-state index contributed by atoms with van der Waals surface area (Å²) in [5.41, 5.74) is 2.34. The van der Waals surface area contributed by atoms with Gasteiger partial charge in [0.25, 0.3) is 0 Å². The first-order valence-corrected chi connectivity index (χ1v) is 9.36. The van der Waals surface area contributed by atoms with Crippen LogP contribution in [0.4, 0.5) is 0 Å². The van der Waals surface area contributed by atoms with Gasteiger partial charge >= 0.3 is 0 Å². The van der Waals surface area contributed by atoms with Crippen molar-refractivity contribution in [2.24, 2.45) is 0 Å². The van der Waals surface area contributed by atoms with Gasteiger partial charge in [-0.3, -0.25) is 4.90 Å². The van der Waals surface area contributed by atoms with Crippen LogP contribution in [0.15, 0.2) is 46.9 Å². The lowest BCUT2D eigenvalue weighted by Gasteiger charge is -2.32. The normalized spacial score (nSPS) is 17.7. The van der Waals surface area contributed by atoms with Crippen molar-refractivity contribution in [1.82, 2.24) is 10.2 Å². The van der Waals surface area contributed by atoms with Gasteiger partial charge in [0, 0.05) is 34.2 Å². The third-order valence-corrected chi connectivity index (χ3v) is 5.48. The molecule has 1 aliphatic heterocycles. The minimum atomic E-state index is 0.121. The van der Waals surface area contributed by atoms with Crippen LogP contribution in [0.5, 0.6) is 0 Å². The van der Waals surface area contributed by atoms with Gasteiger partial charge in [-0.15, -0.1) is 0 Å². The molecule has 0 amide bonds. The van der Waals surface area contributed by atoms with Crippen molar-refractivity contribution < 1.29 is 0 Å². The first kappa shape index (κ1) is 17.2. The lowest BCUT2D eigenvalue weighted by atomic mass is 9.96. The maximum atomic E-state index is 6.54. The molecule has 0 aromatic heterocycles. The molecule has 0 aliphatic carbocycles. The molecule has 1 heterocycles. The van der Waals surface area contributed by atoms with Gasteiger partial charge in [-0.1, -0.05) is 63.4 Å². The van der Waals surface area contributed by atoms with Crippen LogP contribution in [-0.2, 0) is 0 Å². The summed E-state index contributed by atoms with van der Waals surface area (Å²) in [6.07, 6.45) is 1.13. The molecule has 1 saturated heterocycles. The predicted octanol–water partition coefficient (Wildman–Crippen LogP) is 5.14. The number of hydrogen-bond acceptors (Lipinski definition) is 2. The SMILES string of the molecule is Clc1ccc(C(c2ccccc2Br)N2CCCNCC2)c(Cl)c1. The Morgan fingerprint density at radius 2 is 1.83 bits per heavy atom. The monoisotopic (exact) mass is 412 g/mol. The molecular weight excluding hydrogens is 395 g/mol. The molecule has 1 N–H and O–H groups in total. The van der Waals surface area contributed by atoms with Gasteiger partial charge in [-0.25, -0.2) is 0 Å². The molecule has 0 spiro atoms. The van der Waals surface area contributed by atoms with Gasteiger partial charge in [-0.2, -0.15) is 0 Å². The van der Waals surface area contributed by atoms with Crippen LogP contribution in [0.2, 0.25) is 10.0 Å². The molecule has 122 valence electrons. The zero-order valence-corrected chi connectivity index (χ0v) is 15.8. The van der Waals surface area contributed by atoms with E-state index in [1.807, 2.05) is 24.3 Å². The standard InChI is InChI=1S/C18H19BrCl2N2/c19-16-5-2-1-4-14(16)18(23-10-3-8-22-9-11-23)15-7-6-13(20)12-17(15)21/h1-2,4-7,12,18,22H,3,8-11H2. The maximum absolute atomic E-state index is 6.54. The highest BCUT2D eigenvalue weighted by Crippen LogP contribution is 2.37. The second kappa shape index (κ2) is 8.00. The minimum absolute atomic E-state index is 0.121. The summed E-state index contributed by atoms with van der Waals surface area (Å²) in [7, 11) is 0. The Balaban J connectivity index is 2.07. The Kier molecular flexibility index (Phi) is 6.00. The lowest BCUT2D eigenvalue weighted by molar-refractivity contribution is 0.240. The Morgan fingerprint density at radius 1 is 1.00 bits per heavy atom. The predicted molar refractivity (Wildman–Crippen MR) is 102 cm³/mol. The van der Waals surface area contributed by atoms with Gasteiger partial charge in [0.15, 0.2) is 0 Å².